The zero-order chi connectivity index (χ0) is 11.4. The molecule has 0 atom stereocenters. The fraction of sp³-hybridized carbons (Fsp3) is 0.300. The van der Waals surface area contributed by atoms with E-state index in [1.54, 1.807) is 17.5 Å². The van der Waals surface area contributed by atoms with Crippen LogP contribution in [0.5, 0.6) is 0 Å². The van der Waals surface area contributed by atoms with Gasteiger partial charge in [-0.05, 0) is 6.92 Å². The van der Waals surface area contributed by atoms with Gasteiger partial charge in [-0.3, -0.25) is 4.98 Å². The van der Waals surface area contributed by atoms with Crippen molar-refractivity contribution in [2.75, 3.05) is 11.9 Å². The summed E-state index contributed by atoms with van der Waals surface area (Å²) in [4.78, 5) is 13.5. The molecule has 0 bridgehead atoms. The topological polar surface area (TPSA) is 50.7 Å². The first-order chi connectivity index (χ1) is 7.74. The van der Waals surface area contributed by atoms with Crippen LogP contribution in [0.4, 0.5) is 5.82 Å². The lowest BCUT2D eigenvalue weighted by molar-refractivity contribution is 0.982. The minimum atomic E-state index is 0.398. The quantitative estimate of drug-likeness (QED) is 0.911. The Hall–Kier alpha value is -1.20. The van der Waals surface area contributed by atoms with Gasteiger partial charge in [0.2, 0.25) is 0 Å². The monoisotopic (exact) mass is 254 g/mol. The molecule has 2 aromatic rings. The van der Waals surface area contributed by atoms with Gasteiger partial charge in [0, 0.05) is 24.0 Å². The molecule has 84 valence electrons. The SMILES string of the molecule is Cc1cnc(CCNc2cncc(Cl)n2)s1. The van der Waals surface area contributed by atoms with Crippen LogP contribution in [-0.2, 0) is 6.42 Å². The molecule has 0 aromatic carbocycles. The second-order valence-electron chi connectivity index (χ2n) is 3.27. The van der Waals surface area contributed by atoms with Crippen molar-refractivity contribution < 1.29 is 0 Å². The van der Waals surface area contributed by atoms with Gasteiger partial charge in [-0.15, -0.1) is 11.3 Å². The van der Waals surface area contributed by atoms with Crippen LogP contribution in [0.3, 0.4) is 0 Å². The lowest BCUT2D eigenvalue weighted by Gasteiger charge is -2.03. The molecule has 2 aromatic heterocycles. The number of hydrogen-bond acceptors (Lipinski definition) is 5. The fourth-order valence-electron chi connectivity index (χ4n) is 1.24. The number of thiazole rings is 1. The Morgan fingerprint density at radius 2 is 2.25 bits per heavy atom. The molecular weight excluding hydrogens is 244 g/mol. The van der Waals surface area contributed by atoms with E-state index in [0.717, 1.165) is 18.0 Å². The molecule has 2 rings (SSSR count). The average molecular weight is 255 g/mol. The van der Waals surface area contributed by atoms with Crippen molar-refractivity contribution in [2.45, 2.75) is 13.3 Å². The molecule has 0 saturated heterocycles. The van der Waals surface area contributed by atoms with E-state index in [4.69, 9.17) is 11.6 Å². The third-order valence-electron chi connectivity index (χ3n) is 1.92. The third-order valence-corrected chi connectivity index (χ3v) is 3.07. The van der Waals surface area contributed by atoms with E-state index in [9.17, 15) is 0 Å². The second kappa shape index (κ2) is 5.23. The highest BCUT2D eigenvalue weighted by molar-refractivity contribution is 7.11. The molecule has 0 spiro atoms. The van der Waals surface area contributed by atoms with Crippen molar-refractivity contribution in [1.82, 2.24) is 15.0 Å². The molecule has 0 aliphatic carbocycles. The molecule has 16 heavy (non-hydrogen) atoms. The molecule has 0 fully saturated rings. The van der Waals surface area contributed by atoms with Crippen molar-refractivity contribution in [3.8, 4) is 0 Å². The van der Waals surface area contributed by atoms with E-state index in [2.05, 4.69) is 27.2 Å². The zero-order valence-corrected chi connectivity index (χ0v) is 10.3. The summed E-state index contributed by atoms with van der Waals surface area (Å²) in [6.07, 6.45) is 5.93. The van der Waals surface area contributed by atoms with Crippen molar-refractivity contribution in [3.05, 3.63) is 33.6 Å². The summed E-state index contributed by atoms with van der Waals surface area (Å²) in [5, 5.41) is 4.68. The molecule has 4 nitrogen and oxygen atoms in total. The van der Waals surface area contributed by atoms with Crippen LogP contribution < -0.4 is 5.32 Å². The zero-order valence-electron chi connectivity index (χ0n) is 8.77. The molecule has 2 heterocycles. The third kappa shape index (κ3) is 3.15. The minimum absolute atomic E-state index is 0.398. The summed E-state index contributed by atoms with van der Waals surface area (Å²) in [7, 11) is 0. The highest BCUT2D eigenvalue weighted by Gasteiger charge is 1.99. The fourth-order valence-corrected chi connectivity index (χ4v) is 2.18. The summed E-state index contributed by atoms with van der Waals surface area (Å²) >= 11 is 7.43. The number of rotatable bonds is 4. The van der Waals surface area contributed by atoms with Gasteiger partial charge < -0.3 is 5.32 Å². The minimum Gasteiger partial charge on any atom is -0.368 e. The van der Waals surface area contributed by atoms with Crippen molar-refractivity contribution in [3.63, 3.8) is 0 Å². The van der Waals surface area contributed by atoms with Crippen molar-refractivity contribution >= 4 is 28.8 Å². The Bertz CT molecular complexity index is 471. The van der Waals surface area contributed by atoms with Crippen molar-refractivity contribution in [1.29, 1.82) is 0 Å². The standard InChI is InChI=1S/C10H11ClN4S/c1-7-4-14-10(16-7)2-3-13-9-6-12-5-8(11)15-9/h4-6H,2-3H2,1H3,(H,13,15). The maximum Gasteiger partial charge on any atom is 0.149 e. The number of aryl methyl sites for hydroxylation is 1. The number of halogens is 1. The predicted molar refractivity (Wildman–Crippen MR) is 66.1 cm³/mol. The first kappa shape index (κ1) is 11.3. The van der Waals surface area contributed by atoms with E-state index in [-0.39, 0.29) is 0 Å². The Balaban J connectivity index is 1.84. The molecule has 0 unspecified atom stereocenters. The van der Waals surface area contributed by atoms with E-state index in [0.29, 0.717) is 11.0 Å². The highest BCUT2D eigenvalue weighted by Crippen LogP contribution is 2.12. The van der Waals surface area contributed by atoms with E-state index in [1.165, 1.54) is 11.1 Å². The smallest absolute Gasteiger partial charge is 0.149 e. The van der Waals surface area contributed by atoms with Gasteiger partial charge in [0.05, 0.1) is 17.4 Å². The molecule has 0 saturated carbocycles. The summed E-state index contributed by atoms with van der Waals surface area (Å²) < 4.78 is 0. The summed E-state index contributed by atoms with van der Waals surface area (Å²) in [5.41, 5.74) is 0. The largest absolute Gasteiger partial charge is 0.368 e. The van der Waals surface area contributed by atoms with Gasteiger partial charge in [0.1, 0.15) is 11.0 Å². The van der Waals surface area contributed by atoms with Crippen LogP contribution >= 0.6 is 22.9 Å². The number of hydrogen-bond donors (Lipinski definition) is 1. The van der Waals surface area contributed by atoms with Gasteiger partial charge >= 0.3 is 0 Å². The number of nitrogens with zero attached hydrogens (tertiary/aromatic N) is 3. The van der Waals surface area contributed by atoms with Crippen molar-refractivity contribution in [2.24, 2.45) is 0 Å². The molecular formula is C10H11ClN4S. The predicted octanol–water partition coefficient (Wildman–Crippen LogP) is 2.55. The first-order valence-electron chi connectivity index (χ1n) is 4.87. The molecule has 0 amide bonds. The van der Waals surface area contributed by atoms with Crippen LogP contribution in [0.2, 0.25) is 5.15 Å². The number of aromatic nitrogens is 3. The maximum atomic E-state index is 5.72. The molecule has 6 heteroatoms. The van der Waals surface area contributed by atoms with Crippen LogP contribution in [0.25, 0.3) is 0 Å². The van der Waals surface area contributed by atoms with Gasteiger partial charge in [0.25, 0.3) is 0 Å². The Morgan fingerprint density at radius 3 is 2.94 bits per heavy atom. The molecule has 1 N–H and O–H groups in total. The maximum absolute atomic E-state index is 5.72. The normalized spacial score (nSPS) is 10.4. The van der Waals surface area contributed by atoms with Crippen LogP contribution in [0, 0.1) is 6.92 Å². The number of anilines is 1. The second-order valence-corrected chi connectivity index (χ2v) is 4.98. The lowest BCUT2D eigenvalue weighted by atomic mass is 10.4. The van der Waals surface area contributed by atoms with E-state index in [1.807, 2.05) is 6.20 Å². The average Bonchev–Trinajstić information content (AvgIpc) is 2.64. The lowest BCUT2D eigenvalue weighted by Crippen LogP contribution is -2.06. The van der Waals surface area contributed by atoms with E-state index < -0.39 is 0 Å². The van der Waals surface area contributed by atoms with Gasteiger partial charge in [-0.25, -0.2) is 9.97 Å². The Morgan fingerprint density at radius 1 is 1.38 bits per heavy atom. The summed E-state index contributed by atoms with van der Waals surface area (Å²) in [6, 6.07) is 0. The molecule has 0 aliphatic heterocycles. The highest BCUT2D eigenvalue weighted by atomic mass is 35.5. The number of nitrogens with one attached hydrogen (secondary N) is 1. The van der Waals surface area contributed by atoms with Crippen LogP contribution in [0.1, 0.15) is 9.88 Å². The van der Waals surface area contributed by atoms with Crippen LogP contribution in [-0.4, -0.2) is 21.5 Å². The van der Waals surface area contributed by atoms with Gasteiger partial charge in [0.15, 0.2) is 0 Å². The van der Waals surface area contributed by atoms with E-state index >= 15 is 0 Å². The van der Waals surface area contributed by atoms with Crippen LogP contribution in [0.15, 0.2) is 18.6 Å². The summed E-state index contributed by atoms with van der Waals surface area (Å²) in [5.74, 6) is 0.695. The first-order valence-corrected chi connectivity index (χ1v) is 6.06. The van der Waals surface area contributed by atoms with Gasteiger partial charge in [-0.2, -0.15) is 0 Å². The summed E-state index contributed by atoms with van der Waals surface area (Å²) in [6.45, 7) is 2.83. The molecule has 0 aliphatic rings. The Labute approximate surface area is 103 Å². The van der Waals surface area contributed by atoms with Gasteiger partial charge in [-0.1, -0.05) is 11.6 Å². The molecule has 0 radical (unpaired) electrons. The Kier molecular flexibility index (Phi) is 3.69.